The molecule has 0 radical (unpaired) electrons. The van der Waals surface area contributed by atoms with Gasteiger partial charge in [0.15, 0.2) is 0 Å². The third-order valence-corrected chi connectivity index (χ3v) is 3.87. The zero-order valence-corrected chi connectivity index (χ0v) is 11.9. The van der Waals surface area contributed by atoms with E-state index in [-0.39, 0.29) is 24.0 Å². The van der Waals surface area contributed by atoms with Gasteiger partial charge in [-0.2, -0.15) is 0 Å². The van der Waals surface area contributed by atoms with Gasteiger partial charge >= 0.3 is 0 Å². The number of nitrogens with zero attached hydrogens (tertiary/aromatic N) is 2. The van der Waals surface area contributed by atoms with Crippen molar-refractivity contribution in [2.24, 2.45) is 5.92 Å². The molecule has 0 aromatic carbocycles. The Morgan fingerprint density at radius 3 is 2.58 bits per heavy atom. The minimum absolute atomic E-state index is 0.101. The minimum Gasteiger partial charge on any atom is -0.372 e. The van der Waals surface area contributed by atoms with E-state index in [0.29, 0.717) is 19.6 Å². The number of amides is 1. The molecule has 0 saturated carbocycles. The summed E-state index contributed by atoms with van der Waals surface area (Å²) in [7, 11) is 0. The van der Waals surface area contributed by atoms with Gasteiger partial charge in [0.1, 0.15) is 6.29 Å². The van der Waals surface area contributed by atoms with Crippen molar-refractivity contribution in [3.8, 4) is 0 Å². The number of carbonyl (C=O) groups is 2. The Kier molecular flexibility index (Phi) is 4.93. The van der Waals surface area contributed by atoms with Gasteiger partial charge in [0.05, 0.1) is 18.8 Å². The van der Waals surface area contributed by atoms with Gasteiger partial charge in [-0.15, -0.1) is 0 Å². The Labute approximate surface area is 114 Å². The summed E-state index contributed by atoms with van der Waals surface area (Å²) in [4.78, 5) is 27.1. The molecule has 5 heteroatoms. The summed E-state index contributed by atoms with van der Waals surface area (Å²) in [6.07, 6.45) is 3.20. The predicted molar refractivity (Wildman–Crippen MR) is 71.8 cm³/mol. The number of hydrogen-bond donors (Lipinski definition) is 0. The molecule has 2 saturated heterocycles. The summed E-state index contributed by atoms with van der Waals surface area (Å²) in [6.45, 7) is 7.43. The second-order valence-corrected chi connectivity index (χ2v) is 5.83. The number of rotatable bonds is 3. The smallest absolute Gasteiger partial charge is 0.236 e. The highest BCUT2D eigenvalue weighted by Crippen LogP contribution is 2.16. The van der Waals surface area contributed by atoms with Gasteiger partial charge in [-0.25, -0.2) is 0 Å². The normalized spacial score (nSPS) is 33.2. The standard InChI is InChI=1S/C14H24N2O3/c1-11-6-16(7-12(2)19-11)14(18)9-15-5-3-4-13(8-15)10-17/h10-13H,3-9H2,1-2H3. The Bertz CT molecular complexity index is 325. The van der Waals surface area contributed by atoms with E-state index in [1.165, 1.54) is 0 Å². The van der Waals surface area contributed by atoms with E-state index in [0.717, 1.165) is 32.2 Å². The first-order valence-electron chi connectivity index (χ1n) is 7.19. The molecule has 19 heavy (non-hydrogen) atoms. The molecule has 2 rings (SSSR count). The SMILES string of the molecule is CC1CN(C(=O)CN2CCCC(C=O)C2)CC(C)O1. The van der Waals surface area contributed by atoms with E-state index >= 15 is 0 Å². The molecule has 0 aliphatic carbocycles. The lowest BCUT2D eigenvalue weighted by molar-refractivity contribution is -0.144. The molecule has 2 aliphatic heterocycles. The summed E-state index contributed by atoms with van der Waals surface area (Å²) >= 11 is 0. The Balaban J connectivity index is 1.84. The second-order valence-electron chi connectivity index (χ2n) is 5.83. The molecule has 0 spiro atoms. The van der Waals surface area contributed by atoms with Crippen molar-refractivity contribution < 1.29 is 14.3 Å². The van der Waals surface area contributed by atoms with Crippen LogP contribution in [0.5, 0.6) is 0 Å². The van der Waals surface area contributed by atoms with Gasteiger partial charge in [-0.05, 0) is 33.2 Å². The lowest BCUT2D eigenvalue weighted by Gasteiger charge is -2.37. The first kappa shape index (κ1) is 14.5. The molecule has 2 aliphatic rings. The van der Waals surface area contributed by atoms with Crippen LogP contribution in [-0.4, -0.2) is 66.9 Å². The van der Waals surface area contributed by atoms with Gasteiger partial charge in [0.25, 0.3) is 0 Å². The number of aldehydes is 1. The van der Waals surface area contributed by atoms with E-state index in [2.05, 4.69) is 4.90 Å². The van der Waals surface area contributed by atoms with Crippen molar-refractivity contribution in [1.82, 2.24) is 9.80 Å². The van der Waals surface area contributed by atoms with Crippen LogP contribution in [0.4, 0.5) is 0 Å². The molecule has 0 aromatic rings. The number of hydrogen-bond acceptors (Lipinski definition) is 4. The molecule has 3 unspecified atom stereocenters. The van der Waals surface area contributed by atoms with E-state index in [9.17, 15) is 9.59 Å². The third kappa shape index (κ3) is 4.01. The quantitative estimate of drug-likeness (QED) is 0.701. The van der Waals surface area contributed by atoms with Gasteiger partial charge in [-0.1, -0.05) is 0 Å². The highest BCUT2D eigenvalue weighted by atomic mass is 16.5. The van der Waals surface area contributed by atoms with Crippen LogP contribution in [0.25, 0.3) is 0 Å². The van der Waals surface area contributed by atoms with E-state index in [1.807, 2.05) is 18.7 Å². The van der Waals surface area contributed by atoms with Gasteiger partial charge in [-0.3, -0.25) is 9.69 Å². The third-order valence-electron chi connectivity index (χ3n) is 3.87. The average molecular weight is 268 g/mol. The zero-order chi connectivity index (χ0) is 13.8. The molecule has 0 N–H and O–H groups in total. The fourth-order valence-electron chi connectivity index (χ4n) is 3.02. The molecule has 3 atom stereocenters. The summed E-state index contributed by atoms with van der Waals surface area (Å²) in [5, 5.41) is 0. The Morgan fingerprint density at radius 1 is 1.26 bits per heavy atom. The average Bonchev–Trinajstić information content (AvgIpc) is 2.37. The molecule has 2 heterocycles. The summed E-state index contributed by atoms with van der Waals surface area (Å²) in [6, 6.07) is 0. The topological polar surface area (TPSA) is 49.9 Å². The zero-order valence-electron chi connectivity index (χ0n) is 11.9. The van der Waals surface area contributed by atoms with Crippen molar-refractivity contribution in [2.45, 2.75) is 38.9 Å². The molecular formula is C14H24N2O3. The highest BCUT2D eigenvalue weighted by Gasteiger charge is 2.28. The van der Waals surface area contributed by atoms with Gasteiger partial charge in [0.2, 0.25) is 5.91 Å². The number of ether oxygens (including phenoxy) is 1. The van der Waals surface area contributed by atoms with Gasteiger partial charge < -0.3 is 14.4 Å². The fraction of sp³-hybridized carbons (Fsp3) is 0.857. The molecular weight excluding hydrogens is 244 g/mol. The summed E-state index contributed by atoms with van der Waals surface area (Å²) < 4.78 is 5.64. The molecule has 5 nitrogen and oxygen atoms in total. The van der Waals surface area contributed by atoms with Crippen LogP contribution in [0, 0.1) is 5.92 Å². The maximum absolute atomic E-state index is 12.3. The van der Waals surface area contributed by atoms with Crippen molar-refractivity contribution >= 4 is 12.2 Å². The van der Waals surface area contributed by atoms with Crippen LogP contribution in [0.3, 0.4) is 0 Å². The lowest BCUT2D eigenvalue weighted by Crippen LogP contribution is -2.52. The predicted octanol–water partition coefficient (Wildman–Crippen LogP) is 0.533. The largest absolute Gasteiger partial charge is 0.372 e. The second kappa shape index (κ2) is 6.48. The van der Waals surface area contributed by atoms with Crippen LogP contribution in [0.15, 0.2) is 0 Å². The molecule has 0 bridgehead atoms. The minimum atomic E-state index is 0.101. The number of morpholine rings is 1. The first-order valence-corrected chi connectivity index (χ1v) is 7.19. The summed E-state index contributed by atoms with van der Waals surface area (Å²) in [5.74, 6) is 0.262. The van der Waals surface area contributed by atoms with Crippen LogP contribution in [0.2, 0.25) is 0 Å². The number of carbonyl (C=O) groups excluding carboxylic acids is 2. The Morgan fingerprint density at radius 2 is 1.95 bits per heavy atom. The van der Waals surface area contributed by atoms with Crippen molar-refractivity contribution in [2.75, 3.05) is 32.7 Å². The molecule has 108 valence electrons. The van der Waals surface area contributed by atoms with Crippen molar-refractivity contribution in [3.63, 3.8) is 0 Å². The Hall–Kier alpha value is -0.940. The fourth-order valence-corrected chi connectivity index (χ4v) is 3.02. The van der Waals surface area contributed by atoms with Crippen LogP contribution >= 0.6 is 0 Å². The molecule has 0 aromatic heterocycles. The number of likely N-dealkylation sites (tertiary alicyclic amines) is 1. The summed E-state index contributed by atoms with van der Waals surface area (Å²) in [5.41, 5.74) is 0. The van der Waals surface area contributed by atoms with Crippen LogP contribution in [-0.2, 0) is 14.3 Å². The maximum Gasteiger partial charge on any atom is 0.236 e. The van der Waals surface area contributed by atoms with E-state index in [4.69, 9.17) is 4.74 Å². The molecule has 1 amide bonds. The van der Waals surface area contributed by atoms with Crippen molar-refractivity contribution in [1.29, 1.82) is 0 Å². The highest BCUT2D eigenvalue weighted by molar-refractivity contribution is 5.78. The van der Waals surface area contributed by atoms with Crippen LogP contribution < -0.4 is 0 Å². The maximum atomic E-state index is 12.3. The molecule has 2 fully saturated rings. The first-order chi connectivity index (χ1) is 9.08. The van der Waals surface area contributed by atoms with E-state index < -0.39 is 0 Å². The van der Waals surface area contributed by atoms with Gasteiger partial charge in [0, 0.05) is 25.6 Å². The number of piperidine rings is 1. The van der Waals surface area contributed by atoms with Crippen molar-refractivity contribution in [3.05, 3.63) is 0 Å². The van der Waals surface area contributed by atoms with E-state index in [1.54, 1.807) is 0 Å². The monoisotopic (exact) mass is 268 g/mol. The van der Waals surface area contributed by atoms with Crippen LogP contribution in [0.1, 0.15) is 26.7 Å². The lowest BCUT2D eigenvalue weighted by atomic mass is 10.00.